The highest BCUT2D eigenvalue weighted by Crippen LogP contribution is 2.69. The Morgan fingerprint density at radius 1 is 1.18 bits per heavy atom. The SMILES string of the molecule is O=C(O)C1[C@H]2[C@@H]3CC[C@@H](C3)[C@H]12. The Kier molecular flexibility index (Phi) is 0.890. The van der Waals surface area contributed by atoms with Gasteiger partial charge in [0.25, 0.3) is 0 Å². The number of rotatable bonds is 1. The minimum atomic E-state index is -0.531. The molecule has 0 saturated heterocycles. The second-order valence-corrected chi connectivity index (χ2v) is 4.35. The van der Waals surface area contributed by atoms with Crippen molar-refractivity contribution in [1.82, 2.24) is 0 Å². The summed E-state index contributed by atoms with van der Waals surface area (Å²) in [5.41, 5.74) is 0. The Hall–Kier alpha value is -0.530. The zero-order valence-corrected chi connectivity index (χ0v) is 6.36. The van der Waals surface area contributed by atoms with Crippen LogP contribution in [0, 0.1) is 29.6 Å². The van der Waals surface area contributed by atoms with E-state index < -0.39 is 5.97 Å². The first-order chi connectivity index (χ1) is 5.29. The number of hydrogen-bond acceptors (Lipinski definition) is 1. The quantitative estimate of drug-likeness (QED) is 0.616. The molecule has 11 heavy (non-hydrogen) atoms. The maximum Gasteiger partial charge on any atom is 0.307 e. The molecule has 5 atom stereocenters. The molecule has 2 heteroatoms. The van der Waals surface area contributed by atoms with Crippen LogP contribution in [0.5, 0.6) is 0 Å². The first kappa shape index (κ1) is 6.04. The number of carbonyl (C=O) groups is 1. The van der Waals surface area contributed by atoms with Crippen LogP contribution in [-0.2, 0) is 4.79 Å². The van der Waals surface area contributed by atoms with Gasteiger partial charge < -0.3 is 5.11 Å². The zero-order chi connectivity index (χ0) is 7.59. The maximum atomic E-state index is 10.7. The third-order valence-electron chi connectivity index (χ3n) is 4.02. The Morgan fingerprint density at radius 3 is 2.18 bits per heavy atom. The summed E-state index contributed by atoms with van der Waals surface area (Å²) in [5, 5.41) is 8.82. The number of carboxylic acid groups (broad SMARTS) is 1. The fourth-order valence-corrected chi connectivity index (χ4v) is 3.66. The molecular formula is C9H12O2. The summed E-state index contributed by atoms with van der Waals surface area (Å²) in [7, 11) is 0. The lowest BCUT2D eigenvalue weighted by Crippen LogP contribution is -2.07. The maximum absolute atomic E-state index is 10.7. The summed E-state index contributed by atoms with van der Waals surface area (Å²) in [6.45, 7) is 0. The molecule has 60 valence electrons. The largest absolute Gasteiger partial charge is 0.481 e. The van der Waals surface area contributed by atoms with Gasteiger partial charge >= 0.3 is 5.97 Å². The minimum absolute atomic E-state index is 0.0706. The van der Waals surface area contributed by atoms with Crippen LogP contribution in [0.4, 0.5) is 0 Å². The predicted molar refractivity (Wildman–Crippen MR) is 38.9 cm³/mol. The Morgan fingerprint density at radius 2 is 1.73 bits per heavy atom. The fourth-order valence-electron chi connectivity index (χ4n) is 3.66. The van der Waals surface area contributed by atoms with Gasteiger partial charge in [-0.15, -0.1) is 0 Å². The minimum Gasteiger partial charge on any atom is -0.481 e. The molecule has 0 heterocycles. The molecule has 3 fully saturated rings. The molecule has 0 aromatic heterocycles. The van der Waals surface area contributed by atoms with Crippen LogP contribution in [0.1, 0.15) is 19.3 Å². The Bertz CT molecular complexity index is 208. The van der Waals surface area contributed by atoms with Crippen molar-refractivity contribution < 1.29 is 9.90 Å². The number of fused-ring (bicyclic) bond motifs is 5. The van der Waals surface area contributed by atoms with Crippen LogP contribution < -0.4 is 0 Å². The lowest BCUT2D eigenvalue weighted by molar-refractivity contribution is -0.139. The van der Waals surface area contributed by atoms with E-state index >= 15 is 0 Å². The molecule has 3 rings (SSSR count). The monoisotopic (exact) mass is 152 g/mol. The Labute approximate surface area is 65.6 Å². The first-order valence-corrected chi connectivity index (χ1v) is 4.52. The predicted octanol–water partition coefficient (Wildman–Crippen LogP) is 1.36. The van der Waals surface area contributed by atoms with E-state index in [0.717, 1.165) is 11.8 Å². The molecule has 0 aromatic carbocycles. The van der Waals surface area contributed by atoms with Crippen LogP contribution in [0.2, 0.25) is 0 Å². The van der Waals surface area contributed by atoms with E-state index in [2.05, 4.69) is 0 Å². The van der Waals surface area contributed by atoms with Crippen LogP contribution in [-0.4, -0.2) is 11.1 Å². The third-order valence-corrected chi connectivity index (χ3v) is 4.02. The van der Waals surface area contributed by atoms with Gasteiger partial charge in [0, 0.05) is 0 Å². The summed E-state index contributed by atoms with van der Waals surface area (Å²) < 4.78 is 0. The van der Waals surface area contributed by atoms with E-state index in [1.165, 1.54) is 19.3 Å². The van der Waals surface area contributed by atoms with E-state index in [9.17, 15) is 4.79 Å². The molecule has 2 nitrogen and oxygen atoms in total. The highest BCUT2D eigenvalue weighted by Gasteiger charge is 2.67. The summed E-state index contributed by atoms with van der Waals surface area (Å²) >= 11 is 0. The standard InChI is InChI=1S/C9H12O2/c10-9(11)8-6-4-1-2-5(3-4)7(6)8/h4-8H,1-3H2,(H,10,11)/t4-,5+,6-,7-,8?/m0/s1. The van der Waals surface area contributed by atoms with Crippen LogP contribution in [0.3, 0.4) is 0 Å². The molecule has 1 N–H and O–H groups in total. The van der Waals surface area contributed by atoms with Crippen molar-refractivity contribution in [2.75, 3.05) is 0 Å². The van der Waals surface area contributed by atoms with Crippen molar-refractivity contribution in [3.8, 4) is 0 Å². The van der Waals surface area contributed by atoms with Gasteiger partial charge in [-0.05, 0) is 42.9 Å². The van der Waals surface area contributed by atoms with E-state index in [1.807, 2.05) is 0 Å². The van der Waals surface area contributed by atoms with Gasteiger partial charge in [0.1, 0.15) is 0 Å². The zero-order valence-electron chi connectivity index (χ0n) is 6.36. The molecular weight excluding hydrogens is 140 g/mol. The highest BCUT2D eigenvalue weighted by molar-refractivity contribution is 5.75. The normalized spacial score (nSPS) is 57.6. The van der Waals surface area contributed by atoms with Crippen molar-refractivity contribution in [3.63, 3.8) is 0 Å². The molecule has 0 amide bonds. The van der Waals surface area contributed by atoms with E-state index in [4.69, 9.17) is 5.11 Å². The van der Waals surface area contributed by atoms with Crippen molar-refractivity contribution in [3.05, 3.63) is 0 Å². The summed E-state index contributed by atoms with van der Waals surface area (Å²) in [6, 6.07) is 0. The van der Waals surface area contributed by atoms with Gasteiger partial charge in [0.2, 0.25) is 0 Å². The second-order valence-electron chi connectivity index (χ2n) is 4.35. The van der Waals surface area contributed by atoms with E-state index in [0.29, 0.717) is 11.8 Å². The molecule has 3 aliphatic rings. The summed E-state index contributed by atoms with van der Waals surface area (Å²) in [6.07, 6.45) is 3.98. The number of aliphatic carboxylic acids is 1. The molecule has 0 spiro atoms. The summed E-state index contributed by atoms with van der Waals surface area (Å²) in [5.74, 6) is 2.34. The topological polar surface area (TPSA) is 37.3 Å². The summed E-state index contributed by atoms with van der Waals surface area (Å²) in [4.78, 5) is 10.7. The Balaban J connectivity index is 1.86. The lowest BCUT2D eigenvalue weighted by atomic mass is 10.0. The number of hydrogen-bond donors (Lipinski definition) is 1. The van der Waals surface area contributed by atoms with Gasteiger partial charge in [-0.3, -0.25) is 4.79 Å². The van der Waals surface area contributed by atoms with Gasteiger partial charge in [0.15, 0.2) is 0 Å². The molecule has 1 unspecified atom stereocenters. The van der Waals surface area contributed by atoms with E-state index in [-0.39, 0.29) is 5.92 Å². The second kappa shape index (κ2) is 1.62. The average Bonchev–Trinajstić information content (AvgIpc) is 2.44. The van der Waals surface area contributed by atoms with Crippen LogP contribution >= 0.6 is 0 Å². The lowest BCUT2D eigenvalue weighted by Gasteiger charge is -2.04. The molecule has 3 aliphatic carbocycles. The van der Waals surface area contributed by atoms with Gasteiger partial charge in [-0.1, -0.05) is 0 Å². The first-order valence-electron chi connectivity index (χ1n) is 4.52. The fraction of sp³-hybridized carbons (Fsp3) is 0.889. The highest BCUT2D eigenvalue weighted by atomic mass is 16.4. The van der Waals surface area contributed by atoms with Crippen LogP contribution in [0.25, 0.3) is 0 Å². The molecule has 0 aromatic rings. The van der Waals surface area contributed by atoms with Gasteiger partial charge in [0.05, 0.1) is 5.92 Å². The molecule has 0 aliphatic heterocycles. The van der Waals surface area contributed by atoms with Gasteiger partial charge in [-0.25, -0.2) is 0 Å². The molecule has 0 radical (unpaired) electrons. The van der Waals surface area contributed by atoms with Crippen LogP contribution in [0.15, 0.2) is 0 Å². The molecule has 3 saturated carbocycles. The average molecular weight is 152 g/mol. The van der Waals surface area contributed by atoms with Crippen molar-refractivity contribution in [2.45, 2.75) is 19.3 Å². The van der Waals surface area contributed by atoms with Crippen molar-refractivity contribution in [2.24, 2.45) is 29.6 Å². The van der Waals surface area contributed by atoms with E-state index in [1.54, 1.807) is 0 Å². The van der Waals surface area contributed by atoms with Crippen molar-refractivity contribution >= 4 is 5.97 Å². The number of carboxylic acids is 1. The third kappa shape index (κ3) is 0.569. The smallest absolute Gasteiger partial charge is 0.307 e. The van der Waals surface area contributed by atoms with Gasteiger partial charge in [-0.2, -0.15) is 0 Å². The molecule has 2 bridgehead atoms. The van der Waals surface area contributed by atoms with Crippen molar-refractivity contribution in [1.29, 1.82) is 0 Å².